The second-order valence-electron chi connectivity index (χ2n) is 4.38. The summed E-state index contributed by atoms with van der Waals surface area (Å²) in [5.74, 6) is 0.384. The molecule has 0 aliphatic rings. The Morgan fingerprint density at radius 2 is 2.00 bits per heavy atom. The van der Waals surface area contributed by atoms with E-state index in [2.05, 4.69) is 46.4 Å². The van der Waals surface area contributed by atoms with Crippen LogP contribution in [-0.4, -0.2) is 18.3 Å². The average molecular weight is 261 g/mol. The minimum absolute atomic E-state index is 0.236. The highest BCUT2D eigenvalue weighted by Crippen LogP contribution is 2.18. The summed E-state index contributed by atoms with van der Waals surface area (Å²) in [6.45, 7) is 2.04. The molecule has 1 heterocycles. The molecule has 2 nitrogen and oxygen atoms in total. The first-order valence-electron chi connectivity index (χ1n) is 6.27. The molecule has 1 aromatic heterocycles. The molecular weight excluding hydrogens is 242 g/mol. The van der Waals surface area contributed by atoms with E-state index in [4.69, 9.17) is 5.11 Å². The van der Waals surface area contributed by atoms with E-state index in [0.717, 1.165) is 19.5 Å². The number of aliphatic hydroxyl groups excluding tert-OH is 1. The quantitative estimate of drug-likeness (QED) is 0.803. The van der Waals surface area contributed by atoms with Gasteiger partial charge in [-0.3, -0.25) is 0 Å². The third kappa shape index (κ3) is 3.95. The number of aliphatic hydroxyl groups is 1. The van der Waals surface area contributed by atoms with Crippen LogP contribution >= 0.6 is 11.3 Å². The fraction of sp³-hybridized carbons (Fsp3) is 0.333. The first-order chi connectivity index (χ1) is 8.90. The lowest BCUT2D eigenvalue weighted by Crippen LogP contribution is -2.21. The van der Waals surface area contributed by atoms with E-state index in [1.165, 1.54) is 11.1 Å². The maximum absolute atomic E-state index is 9.16. The van der Waals surface area contributed by atoms with Crippen LogP contribution in [0.2, 0.25) is 0 Å². The molecule has 0 radical (unpaired) electrons. The summed E-state index contributed by atoms with van der Waals surface area (Å²) in [6, 6.07) is 12.5. The van der Waals surface area contributed by atoms with Crippen molar-refractivity contribution >= 4 is 11.3 Å². The Bertz CT molecular complexity index is 427. The number of rotatable bonds is 7. The number of nitrogens with one attached hydrogen (secondary N) is 1. The van der Waals surface area contributed by atoms with Crippen LogP contribution in [0.4, 0.5) is 0 Å². The van der Waals surface area contributed by atoms with Gasteiger partial charge in [-0.05, 0) is 40.3 Å². The molecule has 0 aliphatic carbocycles. The zero-order chi connectivity index (χ0) is 12.6. The van der Waals surface area contributed by atoms with Gasteiger partial charge in [0.2, 0.25) is 0 Å². The van der Waals surface area contributed by atoms with E-state index >= 15 is 0 Å². The van der Waals surface area contributed by atoms with Gasteiger partial charge < -0.3 is 10.4 Å². The molecule has 0 saturated heterocycles. The van der Waals surface area contributed by atoms with Crippen molar-refractivity contribution in [2.45, 2.75) is 18.9 Å². The number of thiophene rings is 1. The van der Waals surface area contributed by atoms with Crippen molar-refractivity contribution in [3.63, 3.8) is 0 Å². The predicted molar refractivity (Wildman–Crippen MR) is 76.9 cm³/mol. The molecule has 1 atom stereocenters. The summed E-state index contributed by atoms with van der Waals surface area (Å²) in [7, 11) is 0. The van der Waals surface area contributed by atoms with Gasteiger partial charge in [-0.15, -0.1) is 0 Å². The van der Waals surface area contributed by atoms with Gasteiger partial charge in [-0.25, -0.2) is 0 Å². The van der Waals surface area contributed by atoms with Crippen molar-refractivity contribution in [3.8, 4) is 0 Å². The van der Waals surface area contributed by atoms with Crippen molar-refractivity contribution in [1.82, 2.24) is 5.32 Å². The van der Waals surface area contributed by atoms with Crippen LogP contribution in [0.3, 0.4) is 0 Å². The van der Waals surface area contributed by atoms with Gasteiger partial charge in [0.05, 0.1) is 0 Å². The lowest BCUT2D eigenvalue weighted by molar-refractivity contribution is 0.273. The lowest BCUT2D eigenvalue weighted by Gasteiger charge is -2.17. The lowest BCUT2D eigenvalue weighted by atomic mass is 9.96. The van der Waals surface area contributed by atoms with Crippen LogP contribution in [-0.2, 0) is 6.54 Å². The molecule has 1 unspecified atom stereocenters. The van der Waals surface area contributed by atoms with E-state index in [9.17, 15) is 0 Å². The molecule has 2 N–H and O–H groups in total. The smallest absolute Gasteiger partial charge is 0.0437 e. The summed E-state index contributed by atoms with van der Waals surface area (Å²) in [4.78, 5) is 0. The van der Waals surface area contributed by atoms with Gasteiger partial charge >= 0.3 is 0 Å². The third-order valence-corrected chi connectivity index (χ3v) is 3.78. The molecular formula is C15H19NOS. The highest BCUT2D eigenvalue weighted by Gasteiger charge is 2.10. The second-order valence-corrected chi connectivity index (χ2v) is 5.16. The maximum atomic E-state index is 9.16. The monoisotopic (exact) mass is 261 g/mol. The summed E-state index contributed by atoms with van der Waals surface area (Å²) in [5, 5.41) is 16.9. The van der Waals surface area contributed by atoms with E-state index in [1.54, 1.807) is 11.3 Å². The van der Waals surface area contributed by atoms with Crippen LogP contribution < -0.4 is 5.32 Å². The Labute approximate surface area is 112 Å². The first kappa shape index (κ1) is 13.3. The van der Waals surface area contributed by atoms with Gasteiger partial charge in [0, 0.05) is 19.7 Å². The van der Waals surface area contributed by atoms with Crippen molar-refractivity contribution in [1.29, 1.82) is 0 Å². The fourth-order valence-electron chi connectivity index (χ4n) is 2.05. The zero-order valence-corrected chi connectivity index (χ0v) is 11.2. The van der Waals surface area contributed by atoms with Crippen molar-refractivity contribution in [2.24, 2.45) is 0 Å². The normalized spacial score (nSPS) is 12.5. The molecule has 2 rings (SSSR count). The molecule has 3 heteroatoms. The Morgan fingerprint density at radius 3 is 2.67 bits per heavy atom. The predicted octanol–water partition coefficient (Wildman–Crippen LogP) is 3.00. The van der Waals surface area contributed by atoms with Gasteiger partial charge in [0.1, 0.15) is 0 Å². The molecule has 18 heavy (non-hydrogen) atoms. The van der Waals surface area contributed by atoms with E-state index < -0.39 is 0 Å². The topological polar surface area (TPSA) is 32.3 Å². The molecule has 0 amide bonds. The number of hydrogen-bond acceptors (Lipinski definition) is 3. The van der Waals surface area contributed by atoms with E-state index in [0.29, 0.717) is 5.92 Å². The highest BCUT2D eigenvalue weighted by atomic mass is 32.1. The third-order valence-electron chi connectivity index (χ3n) is 3.05. The minimum atomic E-state index is 0.236. The standard InChI is InChI=1S/C15H19NOS/c17-8-6-15(14-4-2-1-3-5-14)11-16-10-13-7-9-18-12-13/h1-5,7,9,12,15-17H,6,8,10-11H2. The Kier molecular flexibility index (Phi) is 5.39. The molecule has 96 valence electrons. The average Bonchev–Trinajstić information content (AvgIpc) is 2.92. The number of benzene rings is 1. The Morgan fingerprint density at radius 1 is 1.17 bits per heavy atom. The second kappa shape index (κ2) is 7.31. The molecule has 1 aromatic carbocycles. The Hall–Kier alpha value is -1.16. The van der Waals surface area contributed by atoms with Crippen molar-refractivity contribution < 1.29 is 5.11 Å². The van der Waals surface area contributed by atoms with Crippen LogP contribution in [0.5, 0.6) is 0 Å². The zero-order valence-electron chi connectivity index (χ0n) is 10.4. The van der Waals surface area contributed by atoms with Gasteiger partial charge in [0.15, 0.2) is 0 Å². The largest absolute Gasteiger partial charge is 0.396 e. The molecule has 2 aromatic rings. The van der Waals surface area contributed by atoms with Gasteiger partial charge in [-0.1, -0.05) is 30.3 Å². The fourth-order valence-corrected chi connectivity index (χ4v) is 2.72. The first-order valence-corrected chi connectivity index (χ1v) is 7.22. The molecule has 0 saturated carbocycles. The summed E-state index contributed by atoms with van der Waals surface area (Å²) in [5.41, 5.74) is 2.63. The van der Waals surface area contributed by atoms with Crippen molar-refractivity contribution in [2.75, 3.05) is 13.2 Å². The van der Waals surface area contributed by atoms with E-state index in [1.807, 2.05) is 6.07 Å². The summed E-state index contributed by atoms with van der Waals surface area (Å²) < 4.78 is 0. The molecule has 0 fully saturated rings. The van der Waals surface area contributed by atoms with Crippen LogP contribution in [0, 0.1) is 0 Å². The highest BCUT2D eigenvalue weighted by molar-refractivity contribution is 7.07. The minimum Gasteiger partial charge on any atom is -0.396 e. The van der Waals surface area contributed by atoms with Gasteiger partial charge in [-0.2, -0.15) is 11.3 Å². The van der Waals surface area contributed by atoms with Gasteiger partial charge in [0.25, 0.3) is 0 Å². The maximum Gasteiger partial charge on any atom is 0.0437 e. The summed E-state index contributed by atoms with van der Waals surface area (Å²) >= 11 is 1.73. The van der Waals surface area contributed by atoms with Crippen molar-refractivity contribution in [3.05, 3.63) is 58.3 Å². The molecule has 0 spiro atoms. The summed E-state index contributed by atoms with van der Waals surface area (Å²) in [6.07, 6.45) is 0.806. The van der Waals surface area contributed by atoms with Crippen LogP contribution in [0.15, 0.2) is 47.2 Å². The Balaban J connectivity index is 1.87. The van der Waals surface area contributed by atoms with Crippen LogP contribution in [0.25, 0.3) is 0 Å². The molecule has 0 aliphatic heterocycles. The SMILES string of the molecule is OCCC(CNCc1ccsc1)c1ccccc1. The number of hydrogen-bond donors (Lipinski definition) is 2. The van der Waals surface area contributed by atoms with E-state index in [-0.39, 0.29) is 6.61 Å². The van der Waals surface area contributed by atoms with Crippen LogP contribution in [0.1, 0.15) is 23.5 Å². The molecule has 0 bridgehead atoms.